The Balaban J connectivity index is 1.96. The van der Waals surface area contributed by atoms with Crippen LogP contribution >= 0.6 is 0 Å². The van der Waals surface area contributed by atoms with Crippen molar-refractivity contribution in [3.63, 3.8) is 0 Å². The van der Waals surface area contributed by atoms with Crippen LogP contribution in [-0.4, -0.2) is 12.6 Å². The quantitative estimate of drug-likeness (QED) is 0.788. The van der Waals surface area contributed by atoms with Gasteiger partial charge in [0.05, 0.1) is 6.26 Å². The van der Waals surface area contributed by atoms with Gasteiger partial charge in [0.15, 0.2) is 0 Å². The number of hydrogen-bond acceptors (Lipinski definition) is 2. The number of hydrogen-bond donors (Lipinski definition) is 1. The van der Waals surface area contributed by atoms with Gasteiger partial charge in [-0.05, 0) is 37.4 Å². The first kappa shape index (κ1) is 11.7. The largest absolute Gasteiger partial charge is 0.469 e. The zero-order valence-electron chi connectivity index (χ0n) is 10.2. The SMILES string of the molecule is CCNC1CCCCCC1Cc1ccco1. The molecule has 1 aromatic heterocycles. The molecule has 0 bridgehead atoms. The molecule has 2 rings (SSSR count). The smallest absolute Gasteiger partial charge is 0.104 e. The summed E-state index contributed by atoms with van der Waals surface area (Å²) in [5, 5.41) is 3.65. The number of rotatable bonds is 4. The van der Waals surface area contributed by atoms with Crippen LogP contribution in [0.5, 0.6) is 0 Å². The Morgan fingerprint density at radius 3 is 2.94 bits per heavy atom. The van der Waals surface area contributed by atoms with Crippen molar-refractivity contribution in [2.45, 2.75) is 51.5 Å². The molecule has 16 heavy (non-hydrogen) atoms. The van der Waals surface area contributed by atoms with E-state index in [-0.39, 0.29) is 0 Å². The van der Waals surface area contributed by atoms with Crippen molar-refractivity contribution in [3.8, 4) is 0 Å². The first-order valence-corrected chi connectivity index (χ1v) is 6.66. The van der Waals surface area contributed by atoms with Gasteiger partial charge in [-0.2, -0.15) is 0 Å². The lowest BCUT2D eigenvalue weighted by Gasteiger charge is -2.25. The Morgan fingerprint density at radius 2 is 2.19 bits per heavy atom. The Hall–Kier alpha value is -0.760. The first-order valence-electron chi connectivity index (χ1n) is 6.66. The van der Waals surface area contributed by atoms with Crippen molar-refractivity contribution < 1.29 is 4.42 Å². The van der Waals surface area contributed by atoms with Gasteiger partial charge >= 0.3 is 0 Å². The predicted octanol–water partition coefficient (Wildman–Crippen LogP) is 3.38. The maximum Gasteiger partial charge on any atom is 0.104 e. The normalized spacial score (nSPS) is 26.6. The fourth-order valence-electron chi connectivity index (χ4n) is 2.85. The summed E-state index contributed by atoms with van der Waals surface area (Å²) in [7, 11) is 0. The van der Waals surface area contributed by atoms with Gasteiger partial charge in [-0.3, -0.25) is 0 Å². The lowest BCUT2D eigenvalue weighted by Crippen LogP contribution is -2.36. The monoisotopic (exact) mass is 221 g/mol. The van der Waals surface area contributed by atoms with Crippen molar-refractivity contribution in [1.29, 1.82) is 0 Å². The number of furan rings is 1. The van der Waals surface area contributed by atoms with Gasteiger partial charge in [-0.1, -0.05) is 26.2 Å². The van der Waals surface area contributed by atoms with Crippen molar-refractivity contribution in [1.82, 2.24) is 5.32 Å². The maximum absolute atomic E-state index is 5.48. The Bertz CT molecular complexity index is 281. The molecule has 1 saturated carbocycles. The first-order chi connectivity index (χ1) is 7.90. The van der Waals surface area contributed by atoms with Crippen LogP contribution in [0.1, 0.15) is 44.8 Å². The highest BCUT2D eigenvalue weighted by molar-refractivity contribution is 5.00. The van der Waals surface area contributed by atoms with Crippen LogP contribution in [0.3, 0.4) is 0 Å². The van der Waals surface area contributed by atoms with Crippen LogP contribution in [0.25, 0.3) is 0 Å². The highest BCUT2D eigenvalue weighted by Gasteiger charge is 2.23. The Kier molecular flexibility index (Phi) is 4.46. The summed E-state index contributed by atoms with van der Waals surface area (Å²) in [4.78, 5) is 0. The minimum Gasteiger partial charge on any atom is -0.469 e. The molecular formula is C14H23NO. The minimum atomic E-state index is 0.692. The molecular weight excluding hydrogens is 198 g/mol. The van der Waals surface area contributed by atoms with Crippen LogP contribution in [0.2, 0.25) is 0 Å². The van der Waals surface area contributed by atoms with Crippen molar-refractivity contribution in [2.24, 2.45) is 5.92 Å². The highest BCUT2D eigenvalue weighted by atomic mass is 16.3. The highest BCUT2D eigenvalue weighted by Crippen LogP contribution is 2.26. The van der Waals surface area contributed by atoms with E-state index < -0.39 is 0 Å². The van der Waals surface area contributed by atoms with Gasteiger partial charge < -0.3 is 9.73 Å². The molecule has 2 unspecified atom stereocenters. The molecule has 0 spiro atoms. The molecule has 2 nitrogen and oxygen atoms in total. The molecule has 0 saturated heterocycles. The molecule has 1 N–H and O–H groups in total. The van der Waals surface area contributed by atoms with Crippen molar-refractivity contribution >= 4 is 0 Å². The molecule has 2 atom stereocenters. The average molecular weight is 221 g/mol. The van der Waals surface area contributed by atoms with Gasteiger partial charge in [0, 0.05) is 12.5 Å². The molecule has 0 aliphatic heterocycles. The van der Waals surface area contributed by atoms with Gasteiger partial charge in [0.25, 0.3) is 0 Å². The van der Waals surface area contributed by atoms with E-state index in [0.717, 1.165) is 24.6 Å². The second kappa shape index (κ2) is 6.09. The third-order valence-corrected chi connectivity index (χ3v) is 3.67. The zero-order valence-corrected chi connectivity index (χ0v) is 10.2. The second-order valence-electron chi connectivity index (χ2n) is 4.85. The minimum absolute atomic E-state index is 0.692. The average Bonchev–Trinajstić information content (AvgIpc) is 2.69. The van der Waals surface area contributed by atoms with E-state index in [1.165, 1.54) is 32.1 Å². The van der Waals surface area contributed by atoms with E-state index in [4.69, 9.17) is 4.42 Å². The van der Waals surface area contributed by atoms with E-state index in [2.05, 4.69) is 18.3 Å². The van der Waals surface area contributed by atoms with E-state index >= 15 is 0 Å². The lowest BCUT2D eigenvalue weighted by molar-refractivity contribution is 0.317. The Morgan fingerprint density at radius 1 is 1.31 bits per heavy atom. The standard InChI is InChI=1S/C14H23NO/c1-2-15-14-9-5-3-4-7-12(14)11-13-8-6-10-16-13/h6,8,10,12,14-15H,2-5,7,9,11H2,1H3. The lowest BCUT2D eigenvalue weighted by atomic mass is 9.90. The van der Waals surface area contributed by atoms with E-state index in [0.29, 0.717) is 6.04 Å². The molecule has 0 radical (unpaired) electrons. The molecule has 90 valence electrons. The summed E-state index contributed by atoms with van der Waals surface area (Å²) in [6.07, 6.45) is 9.73. The third-order valence-electron chi connectivity index (χ3n) is 3.67. The van der Waals surface area contributed by atoms with E-state index in [9.17, 15) is 0 Å². The van der Waals surface area contributed by atoms with E-state index in [1.807, 2.05) is 6.07 Å². The van der Waals surface area contributed by atoms with Crippen LogP contribution in [0.15, 0.2) is 22.8 Å². The summed E-state index contributed by atoms with van der Waals surface area (Å²) in [6.45, 7) is 3.29. The van der Waals surface area contributed by atoms with E-state index in [1.54, 1.807) is 6.26 Å². The fraction of sp³-hybridized carbons (Fsp3) is 0.714. The predicted molar refractivity (Wildman–Crippen MR) is 66.5 cm³/mol. The molecule has 1 aliphatic carbocycles. The molecule has 0 amide bonds. The van der Waals surface area contributed by atoms with Gasteiger partial charge in [-0.15, -0.1) is 0 Å². The van der Waals surface area contributed by atoms with Crippen LogP contribution in [0, 0.1) is 5.92 Å². The van der Waals surface area contributed by atoms with Crippen molar-refractivity contribution in [2.75, 3.05) is 6.54 Å². The summed E-state index contributed by atoms with van der Waals surface area (Å²) < 4.78 is 5.48. The molecule has 1 fully saturated rings. The van der Waals surface area contributed by atoms with Crippen LogP contribution < -0.4 is 5.32 Å². The van der Waals surface area contributed by atoms with Crippen LogP contribution in [0.4, 0.5) is 0 Å². The number of nitrogens with one attached hydrogen (secondary N) is 1. The topological polar surface area (TPSA) is 25.2 Å². The summed E-state index contributed by atoms with van der Waals surface area (Å²) in [5.41, 5.74) is 0. The van der Waals surface area contributed by atoms with Crippen molar-refractivity contribution in [3.05, 3.63) is 24.2 Å². The molecule has 1 heterocycles. The molecule has 0 aromatic carbocycles. The fourth-order valence-corrected chi connectivity index (χ4v) is 2.85. The van der Waals surface area contributed by atoms with Crippen LogP contribution in [-0.2, 0) is 6.42 Å². The molecule has 1 aliphatic rings. The Labute approximate surface area is 98.4 Å². The zero-order chi connectivity index (χ0) is 11.2. The molecule has 1 aromatic rings. The molecule has 2 heteroatoms. The van der Waals surface area contributed by atoms with Gasteiger partial charge in [0.2, 0.25) is 0 Å². The summed E-state index contributed by atoms with van der Waals surface area (Å²) in [6, 6.07) is 4.79. The van der Waals surface area contributed by atoms with Gasteiger partial charge in [-0.25, -0.2) is 0 Å². The van der Waals surface area contributed by atoms with Gasteiger partial charge in [0.1, 0.15) is 5.76 Å². The third kappa shape index (κ3) is 3.11. The maximum atomic E-state index is 5.48. The summed E-state index contributed by atoms with van der Waals surface area (Å²) in [5.74, 6) is 1.91. The second-order valence-corrected chi connectivity index (χ2v) is 4.85. The summed E-state index contributed by atoms with van der Waals surface area (Å²) >= 11 is 0.